The Labute approximate surface area is 399 Å². The van der Waals surface area contributed by atoms with Gasteiger partial charge in [-0.3, -0.25) is 14.4 Å². The smallest absolute Gasteiger partial charge is 0.306 e. The van der Waals surface area contributed by atoms with E-state index in [0.717, 1.165) is 116 Å². The lowest BCUT2D eigenvalue weighted by atomic mass is 10.1. The van der Waals surface area contributed by atoms with Gasteiger partial charge in [0.2, 0.25) is 0 Å². The zero-order valence-electron chi connectivity index (χ0n) is 41.7. The van der Waals surface area contributed by atoms with E-state index in [1.807, 2.05) is 0 Å². The summed E-state index contributed by atoms with van der Waals surface area (Å²) in [5.41, 5.74) is 0. The van der Waals surface area contributed by atoms with Gasteiger partial charge in [-0.25, -0.2) is 0 Å². The highest BCUT2D eigenvalue weighted by Gasteiger charge is 2.19. The Balaban J connectivity index is 4.56. The molecule has 0 radical (unpaired) electrons. The van der Waals surface area contributed by atoms with Gasteiger partial charge in [0.05, 0.1) is 0 Å². The quantitative estimate of drug-likeness (QED) is 0.0199. The molecule has 0 rings (SSSR count). The molecule has 0 aliphatic heterocycles. The molecule has 1 unspecified atom stereocenters. The molecule has 366 valence electrons. The van der Waals surface area contributed by atoms with Crippen LogP contribution in [-0.2, 0) is 28.6 Å². The summed E-state index contributed by atoms with van der Waals surface area (Å²) in [6, 6.07) is 0. The van der Waals surface area contributed by atoms with Crippen LogP contribution in [0.15, 0.2) is 122 Å². The third-order valence-corrected chi connectivity index (χ3v) is 10.5. The van der Waals surface area contributed by atoms with Crippen molar-refractivity contribution < 1.29 is 28.6 Å². The van der Waals surface area contributed by atoms with Gasteiger partial charge in [-0.1, -0.05) is 206 Å². The second kappa shape index (κ2) is 52.4. The minimum atomic E-state index is -0.824. The van der Waals surface area contributed by atoms with Crippen molar-refractivity contribution in [2.45, 2.75) is 219 Å². The molecule has 6 nitrogen and oxygen atoms in total. The molecule has 0 N–H and O–H groups in total. The van der Waals surface area contributed by atoms with Crippen molar-refractivity contribution in [3.05, 3.63) is 122 Å². The molecule has 0 fully saturated rings. The summed E-state index contributed by atoms with van der Waals surface area (Å²) in [5.74, 6) is -1.02. The van der Waals surface area contributed by atoms with Gasteiger partial charge in [-0.15, -0.1) is 0 Å². The van der Waals surface area contributed by atoms with Crippen LogP contribution in [0.4, 0.5) is 0 Å². The van der Waals surface area contributed by atoms with E-state index in [4.69, 9.17) is 14.2 Å². The molecular formula is C59H94O6. The average molecular weight is 899 g/mol. The van der Waals surface area contributed by atoms with E-state index in [1.165, 1.54) is 51.4 Å². The molecule has 0 aromatic rings. The second-order valence-corrected chi connectivity index (χ2v) is 16.8. The summed E-state index contributed by atoms with van der Waals surface area (Å²) in [4.78, 5) is 38.0. The summed E-state index contributed by atoms with van der Waals surface area (Å²) < 4.78 is 16.7. The number of hydrogen-bond donors (Lipinski definition) is 0. The summed E-state index contributed by atoms with van der Waals surface area (Å²) >= 11 is 0. The van der Waals surface area contributed by atoms with Gasteiger partial charge in [0.1, 0.15) is 13.2 Å². The maximum atomic E-state index is 12.8. The molecule has 0 aromatic heterocycles. The van der Waals surface area contributed by atoms with Crippen LogP contribution in [0.25, 0.3) is 0 Å². The maximum absolute atomic E-state index is 12.8. The Kier molecular flexibility index (Phi) is 49.1. The molecule has 0 amide bonds. The number of unbranched alkanes of at least 4 members (excludes halogenated alkanes) is 17. The molecule has 0 aromatic carbocycles. The highest BCUT2D eigenvalue weighted by atomic mass is 16.6. The number of esters is 3. The van der Waals surface area contributed by atoms with Crippen LogP contribution in [0.5, 0.6) is 0 Å². The summed E-state index contributed by atoms with van der Waals surface area (Å²) in [5, 5.41) is 0. The molecule has 65 heavy (non-hydrogen) atoms. The topological polar surface area (TPSA) is 78.9 Å². The first-order valence-electron chi connectivity index (χ1n) is 26.1. The van der Waals surface area contributed by atoms with E-state index in [2.05, 4.69) is 142 Å². The van der Waals surface area contributed by atoms with Gasteiger partial charge in [0, 0.05) is 19.3 Å². The number of hydrogen-bond acceptors (Lipinski definition) is 6. The molecule has 0 aliphatic rings. The number of carbonyl (C=O) groups excluding carboxylic acids is 3. The largest absolute Gasteiger partial charge is 0.462 e. The normalized spacial score (nSPS) is 13.1. The van der Waals surface area contributed by atoms with E-state index in [-0.39, 0.29) is 37.5 Å². The van der Waals surface area contributed by atoms with Crippen molar-refractivity contribution in [2.24, 2.45) is 0 Å². The van der Waals surface area contributed by atoms with Gasteiger partial charge in [0.15, 0.2) is 6.10 Å². The maximum Gasteiger partial charge on any atom is 0.306 e. The fraction of sp³-hybridized carbons (Fsp3) is 0.610. The third kappa shape index (κ3) is 50.7. The third-order valence-electron chi connectivity index (χ3n) is 10.5. The predicted molar refractivity (Wildman–Crippen MR) is 279 cm³/mol. The lowest BCUT2D eigenvalue weighted by molar-refractivity contribution is -0.167. The van der Waals surface area contributed by atoms with Crippen molar-refractivity contribution in [3.8, 4) is 0 Å². The fourth-order valence-corrected chi connectivity index (χ4v) is 6.60. The Morgan fingerprint density at radius 2 is 0.677 bits per heavy atom. The Bertz CT molecular complexity index is 1400. The van der Waals surface area contributed by atoms with Crippen molar-refractivity contribution in [1.29, 1.82) is 0 Å². The zero-order chi connectivity index (χ0) is 47.2. The monoisotopic (exact) mass is 899 g/mol. The van der Waals surface area contributed by atoms with Crippen LogP contribution in [0, 0.1) is 0 Å². The van der Waals surface area contributed by atoms with E-state index in [9.17, 15) is 14.4 Å². The standard InChI is InChI=1S/C59H94O6/c1-4-7-10-13-16-19-22-25-27-29-31-32-34-37-40-43-46-49-52-58(61)64-55-56(54-63-57(60)51-48-45-42-39-36-24-21-18-15-12-9-6-3)65-59(62)53-50-47-44-41-38-35-33-30-28-26-23-20-17-14-11-8-5-2/h8,11,16-22,25-29,31-33,35,41,44,56H,4-7,9-10,12-15,23-24,30,34,36-40,42-43,45-55H2,1-3H3/b11-8-,19-16-,20-17-,21-18-,25-22-,28-26-,29-27-,32-31-,35-33-,44-41-. The van der Waals surface area contributed by atoms with Gasteiger partial charge in [-0.05, 0) is 109 Å². The Hall–Kier alpha value is -4.19. The van der Waals surface area contributed by atoms with Crippen molar-refractivity contribution in [3.63, 3.8) is 0 Å². The Morgan fingerprint density at radius 3 is 1.14 bits per heavy atom. The van der Waals surface area contributed by atoms with Crippen LogP contribution < -0.4 is 0 Å². The zero-order valence-corrected chi connectivity index (χ0v) is 41.7. The summed E-state index contributed by atoms with van der Waals surface area (Å²) in [7, 11) is 0. The molecule has 0 aliphatic carbocycles. The molecule has 0 saturated carbocycles. The Morgan fingerprint density at radius 1 is 0.338 bits per heavy atom. The first-order valence-corrected chi connectivity index (χ1v) is 26.1. The highest BCUT2D eigenvalue weighted by Crippen LogP contribution is 2.12. The van der Waals surface area contributed by atoms with Gasteiger partial charge in [0.25, 0.3) is 0 Å². The summed E-state index contributed by atoms with van der Waals surface area (Å²) in [6.07, 6.45) is 71.8. The molecule has 0 saturated heterocycles. The SMILES string of the molecule is CC/C=C\C/C=C\C/C=C\C/C=C\C/C=C\CCCC(=O)OC(COC(=O)CCCCCCC\C=C/C=C\C=C/C=C\CCCCC)COC(=O)CCCCCCC/C=C\CCCCC. The number of carbonyl (C=O) groups is 3. The summed E-state index contributed by atoms with van der Waals surface area (Å²) in [6.45, 7) is 6.37. The fourth-order valence-electron chi connectivity index (χ4n) is 6.60. The van der Waals surface area contributed by atoms with Crippen LogP contribution in [0.2, 0.25) is 0 Å². The van der Waals surface area contributed by atoms with Gasteiger partial charge >= 0.3 is 17.9 Å². The molecule has 0 spiro atoms. The average Bonchev–Trinajstić information content (AvgIpc) is 3.30. The highest BCUT2D eigenvalue weighted by molar-refractivity contribution is 5.71. The molecule has 0 heterocycles. The number of rotatable bonds is 45. The van der Waals surface area contributed by atoms with E-state index >= 15 is 0 Å². The molecule has 0 bridgehead atoms. The van der Waals surface area contributed by atoms with Crippen LogP contribution in [0.1, 0.15) is 213 Å². The van der Waals surface area contributed by atoms with Crippen molar-refractivity contribution >= 4 is 17.9 Å². The first-order chi connectivity index (χ1) is 32.0. The van der Waals surface area contributed by atoms with Crippen LogP contribution in [-0.4, -0.2) is 37.2 Å². The van der Waals surface area contributed by atoms with Gasteiger partial charge in [-0.2, -0.15) is 0 Å². The minimum Gasteiger partial charge on any atom is -0.462 e. The van der Waals surface area contributed by atoms with Crippen molar-refractivity contribution in [2.75, 3.05) is 13.2 Å². The lowest BCUT2D eigenvalue weighted by Crippen LogP contribution is -2.30. The molecule has 6 heteroatoms. The number of ether oxygens (including phenoxy) is 3. The number of allylic oxidation sites excluding steroid dienone is 20. The van der Waals surface area contributed by atoms with Crippen molar-refractivity contribution in [1.82, 2.24) is 0 Å². The predicted octanol–water partition coefficient (Wildman–Crippen LogP) is 17.3. The van der Waals surface area contributed by atoms with E-state index in [0.29, 0.717) is 19.3 Å². The van der Waals surface area contributed by atoms with Gasteiger partial charge < -0.3 is 14.2 Å². The van der Waals surface area contributed by atoms with E-state index < -0.39 is 6.10 Å². The molecule has 1 atom stereocenters. The van der Waals surface area contributed by atoms with Crippen LogP contribution in [0.3, 0.4) is 0 Å². The minimum absolute atomic E-state index is 0.116. The lowest BCUT2D eigenvalue weighted by Gasteiger charge is -2.18. The second-order valence-electron chi connectivity index (χ2n) is 16.8. The first kappa shape index (κ1) is 60.8. The van der Waals surface area contributed by atoms with E-state index in [1.54, 1.807) is 0 Å². The molecular weight excluding hydrogens is 805 g/mol. The van der Waals surface area contributed by atoms with Crippen LogP contribution >= 0.6 is 0 Å².